The van der Waals surface area contributed by atoms with E-state index in [2.05, 4.69) is 6.58 Å². The molecule has 0 aromatic heterocycles. The van der Waals surface area contributed by atoms with Gasteiger partial charge in [-0.05, 0) is 5.56 Å². The molecule has 2 rings (SSSR count). The van der Waals surface area contributed by atoms with E-state index in [1.165, 1.54) is 0 Å². The van der Waals surface area contributed by atoms with Gasteiger partial charge >= 0.3 is 0 Å². The first-order valence-electron chi connectivity index (χ1n) is 5.74. The summed E-state index contributed by atoms with van der Waals surface area (Å²) in [6, 6.07) is 8.76. The van der Waals surface area contributed by atoms with Gasteiger partial charge in [0.25, 0.3) is 0 Å². The standard InChI is InChI=1S/C14H11BF3/c1-2-9-3-5-10(6-4-9)15-14-12(17)7-11(16)8-13(14)18/h2-8H,1,15H2/q-1. The summed E-state index contributed by atoms with van der Waals surface area (Å²) >= 11 is 0. The van der Waals surface area contributed by atoms with Gasteiger partial charge in [0.1, 0.15) is 5.82 Å². The molecule has 0 unspecified atom stereocenters. The first-order valence-corrected chi connectivity index (χ1v) is 5.74. The molecule has 0 amide bonds. The van der Waals surface area contributed by atoms with Crippen LogP contribution in [0.4, 0.5) is 13.2 Å². The Bertz CT molecular complexity index is 553. The van der Waals surface area contributed by atoms with Gasteiger partial charge in [0.05, 0.1) is 11.6 Å². The number of benzene rings is 2. The molecule has 0 spiro atoms. The maximum absolute atomic E-state index is 13.5. The molecule has 0 fully saturated rings. The van der Waals surface area contributed by atoms with Crippen molar-refractivity contribution in [3.05, 3.63) is 66.0 Å². The summed E-state index contributed by atoms with van der Waals surface area (Å²) in [5.74, 6) is -2.50. The highest BCUT2D eigenvalue weighted by molar-refractivity contribution is 6.67. The Balaban J connectivity index is 2.30. The van der Waals surface area contributed by atoms with Gasteiger partial charge in [0.15, 0.2) is 0 Å². The maximum Gasteiger partial charge on any atom is 0.128 e. The lowest BCUT2D eigenvalue weighted by Crippen LogP contribution is -2.32. The predicted molar refractivity (Wildman–Crippen MR) is 70.7 cm³/mol. The predicted octanol–water partition coefficient (Wildman–Crippen LogP) is 1.87. The van der Waals surface area contributed by atoms with Gasteiger partial charge in [-0.1, -0.05) is 36.9 Å². The van der Waals surface area contributed by atoms with E-state index >= 15 is 0 Å². The molecule has 0 saturated carbocycles. The van der Waals surface area contributed by atoms with Crippen LogP contribution in [0.3, 0.4) is 0 Å². The summed E-state index contributed by atoms with van der Waals surface area (Å²) < 4.78 is 39.7. The molecule has 0 heterocycles. The molecule has 18 heavy (non-hydrogen) atoms. The molecule has 0 N–H and O–H groups in total. The molecule has 0 atom stereocenters. The third-order valence-corrected chi connectivity index (χ3v) is 3.10. The Morgan fingerprint density at radius 2 is 1.50 bits per heavy atom. The van der Waals surface area contributed by atoms with Crippen molar-refractivity contribution < 1.29 is 13.2 Å². The fourth-order valence-corrected chi connectivity index (χ4v) is 2.01. The van der Waals surface area contributed by atoms with Crippen LogP contribution >= 0.6 is 0 Å². The Morgan fingerprint density at radius 3 is 2.00 bits per heavy atom. The maximum atomic E-state index is 13.5. The average molecular weight is 247 g/mol. The van der Waals surface area contributed by atoms with Crippen molar-refractivity contribution >= 4 is 24.3 Å². The zero-order chi connectivity index (χ0) is 13.1. The number of halogens is 3. The van der Waals surface area contributed by atoms with Crippen LogP contribution in [0, 0.1) is 17.5 Å². The van der Waals surface area contributed by atoms with Gasteiger partial charge in [-0.2, -0.15) is 0 Å². The Hall–Kier alpha value is -1.97. The molecule has 92 valence electrons. The summed E-state index contributed by atoms with van der Waals surface area (Å²) in [7, 11) is -1.15. The first kappa shape index (κ1) is 12.5. The Morgan fingerprint density at radius 1 is 0.944 bits per heavy atom. The second-order valence-electron chi connectivity index (χ2n) is 4.36. The van der Waals surface area contributed by atoms with Gasteiger partial charge in [0, 0.05) is 19.4 Å². The minimum atomic E-state index is -1.15. The molecule has 0 aliphatic carbocycles. The van der Waals surface area contributed by atoms with Crippen LogP contribution in [0.1, 0.15) is 5.56 Å². The first-order chi connectivity index (χ1) is 8.60. The van der Waals surface area contributed by atoms with Crippen LogP contribution in [0.2, 0.25) is 0 Å². The molecule has 2 aromatic rings. The highest BCUT2D eigenvalue weighted by Crippen LogP contribution is 2.04. The summed E-state index contributed by atoms with van der Waals surface area (Å²) in [4.78, 5) is 0. The van der Waals surface area contributed by atoms with E-state index in [1.54, 1.807) is 6.08 Å². The van der Waals surface area contributed by atoms with E-state index in [0.29, 0.717) is 0 Å². The zero-order valence-corrected chi connectivity index (χ0v) is 9.88. The van der Waals surface area contributed by atoms with E-state index in [9.17, 15) is 13.2 Å². The SMILES string of the molecule is C=Cc1ccc([BH2-]c2c(F)cc(F)cc2F)cc1. The normalized spacial score (nSPS) is 10.4. The zero-order valence-electron chi connectivity index (χ0n) is 9.88. The summed E-state index contributed by atoms with van der Waals surface area (Å²) in [6.45, 7) is 3.63. The average Bonchev–Trinajstić information content (AvgIpc) is 2.34. The summed E-state index contributed by atoms with van der Waals surface area (Å²) in [5, 5.41) is 0. The highest BCUT2D eigenvalue weighted by atomic mass is 19.1. The van der Waals surface area contributed by atoms with Crippen molar-refractivity contribution in [1.82, 2.24) is 0 Å². The van der Waals surface area contributed by atoms with Crippen LogP contribution in [0.15, 0.2) is 43.0 Å². The molecule has 0 bridgehead atoms. The van der Waals surface area contributed by atoms with Crippen LogP contribution in [0.5, 0.6) is 0 Å². The summed E-state index contributed by atoms with van der Waals surface area (Å²) in [5.41, 5.74) is 1.83. The third-order valence-electron chi connectivity index (χ3n) is 3.10. The lowest BCUT2D eigenvalue weighted by molar-refractivity contribution is 0.553. The van der Waals surface area contributed by atoms with Crippen LogP contribution in [0.25, 0.3) is 6.08 Å². The van der Waals surface area contributed by atoms with Crippen LogP contribution < -0.4 is 10.9 Å². The lowest BCUT2D eigenvalue weighted by Gasteiger charge is -2.12. The minimum Gasteiger partial charge on any atom is -0.212 e. The third kappa shape index (κ3) is 2.64. The van der Waals surface area contributed by atoms with Crippen LogP contribution in [-0.2, 0) is 0 Å². The number of hydrogen-bond donors (Lipinski definition) is 0. The fourth-order valence-electron chi connectivity index (χ4n) is 2.01. The van der Waals surface area contributed by atoms with Gasteiger partial charge in [0.2, 0.25) is 0 Å². The van der Waals surface area contributed by atoms with Gasteiger partial charge in [-0.3, -0.25) is 0 Å². The quantitative estimate of drug-likeness (QED) is 0.726. The van der Waals surface area contributed by atoms with Crippen molar-refractivity contribution in [3.8, 4) is 0 Å². The van der Waals surface area contributed by atoms with Crippen molar-refractivity contribution in [1.29, 1.82) is 0 Å². The molecule has 2 aromatic carbocycles. The molecule has 0 aliphatic heterocycles. The van der Waals surface area contributed by atoms with E-state index in [1.807, 2.05) is 24.3 Å². The van der Waals surface area contributed by atoms with E-state index < -0.39 is 24.7 Å². The van der Waals surface area contributed by atoms with Crippen LogP contribution in [-0.4, -0.2) is 7.28 Å². The Labute approximate surface area is 104 Å². The van der Waals surface area contributed by atoms with Gasteiger partial charge < -0.3 is 0 Å². The monoisotopic (exact) mass is 247 g/mol. The van der Waals surface area contributed by atoms with Gasteiger partial charge in [-0.15, -0.1) is 5.46 Å². The van der Waals surface area contributed by atoms with Gasteiger partial charge in [-0.25, -0.2) is 18.6 Å². The van der Waals surface area contributed by atoms with Crippen molar-refractivity contribution in [2.75, 3.05) is 0 Å². The number of hydrogen-bond acceptors (Lipinski definition) is 0. The molecule has 0 saturated heterocycles. The molecular weight excluding hydrogens is 236 g/mol. The number of rotatable bonds is 3. The second kappa shape index (κ2) is 5.13. The molecular formula is C14H11BF3-. The Kier molecular flexibility index (Phi) is 3.56. The molecule has 0 aliphatic rings. The molecule has 0 radical (unpaired) electrons. The fraction of sp³-hybridized carbons (Fsp3) is 0. The summed E-state index contributed by atoms with van der Waals surface area (Å²) in [6.07, 6.45) is 1.70. The van der Waals surface area contributed by atoms with Crippen molar-refractivity contribution in [2.24, 2.45) is 0 Å². The smallest absolute Gasteiger partial charge is 0.128 e. The minimum absolute atomic E-state index is 0.00255. The van der Waals surface area contributed by atoms with E-state index in [-0.39, 0.29) is 5.46 Å². The largest absolute Gasteiger partial charge is 0.212 e. The lowest BCUT2D eigenvalue weighted by atomic mass is 9.63. The van der Waals surface area contributed by atoms with E-state index in [0.717, 1.165) is 23.2 Å². The highest BCUT2D eigenvalue weighted by Gasteiger charge is 2.06. The van der Waals surface area contributed by atoms with E-state index in [4.69, 9.17) is 0 Å². The second-order valence-corrected chi connectivity index (χ2v) is 4.36. The van der Waals surface area contributed by atoms with Crippen molar-refractivity contribution in [3.63, 3.8) is 0 Å². The van der Waals surface area contributed by atoms with Crippen molar-refractivity contribution in [2.45, 2.75) is 0 Å². The molecule has 4 heteroatoms. The topological polar surface area (TPSA) is 0 Å². The molecule has 0 nitrogen and oxygen atoms in total.